The molecule has 1 heterocycles. The van der Waals surface area contributed by atoms with E-state index < -0.39 is 0 Å². The number of anilines is 1. The zero-order valence-corrected chi connectivity index (χ0v) is 18.9. The first-order valence-corrected chi connectivity index (χ1v) is 11.7. The van der Waals surface area contributed by atoms with Crippen molar-refractivity contribution >= 4 is 39.8 Å². The van der Waals surface area contributed by atoms with Gasteiger partial charge in [0.15, 0.2) is 0 Å². The van der Waals surface area contributed by atoms with Gasteiger partial charge in [0.2, 0.25) is 5.91 Å². The number of nitrogens with one attached hydrogen (secondary N) is 1. The number of thiophene rings is 1. The number of benzene rings is 2. The molecule has 0 bridgehead atoms. The Morgan fingerprint density at radius 2 is 1.87 bits per heavy atom. The third kappa shape index (κ3) is 5.00. The first kappa shape index (κ1) is 21.6. The lowest BCUT2D eigenvalue weighted by Gasteiger charge is -2.23. The molecule has 6 heteroatoms. The van der Waals surface area contributed by atoms with Crippen LogP contribution in [0.1, 0.15) is 51.2 Å². The predicted octanol–water partition coefficient (Wildman–Crippen LogP) is 6.03. The van der Waals surface area contributed by atoms with E-state index in [-0.39, 0.29) is 18.3 Å². The van der Waals surface area contributed by atoms with Crippen LogP contribution in [0.15, 0.2) is 54.6 Å². The molecule has 1 aromatic heterocycles. The third-order valence-electron chi connectivity index (χ3n) is 5.55. The fraction of sp³-hybridized carbons (Fsp3) is 0.280. The lowest BCUT2D eigenvalue weighted by molar-refractivity contribution is -0.115. The molecule has 0 saturated carbocycles. The van der Waals surface area contributed by atoms with Crippen LogP contribution < -0.4 is 5.32 Å². The SMILES string of the molecule is CCOC(=O)c1c(NC(=O)Cc2ccc(Cl)cc2)sc2c1CCC(c1ccccc1)C2. The normalized spacial score (nSPS) is 15.2. The van der Waals surface area contributed by atoms with Crippen molar-refractivity contribution in [1.82, 2.24) is 0 Å². The van der Waals surface area contributed by atoms with Crippen LogP contribution in [0.3, 0.4) is 0 Å². The smallest absolute Gasteiger partial charge is 0.341 e. The van der Waals surface area contributed by atoms with Gasteiger partial charge in [0.25, 0.3) is 0 Å². The largest absolute Gasteiger partial charge is 0.462 e. The van der Waals surface area contributed by atoms with Crippen molar-refractivity contribution in [1.29, 1.82) is 0 Å². The highest BCUT2D eigenvalue weighted by Crippen LogP contribution is 2.42. The van der Waals surface area contributed by atoms with Crippen LogP contribution in [0.2, 0.25) is 5.02 Å². The maximum absolute atomic E-state index is 12.7. The maximum atomic E-state index is 12.7. The Labute approximate surface area is 191 Å². The fourth-order valence-corrected chi connectivity index (χ4v) is 5.52. The number of fused-ring (bicyclic) bond motifs is 1. The third-order valence-corrected chi connectivity index (χ3v) is 6.97. The van der Waals surface area contributed by atoms with E-state index in [1.165, 1.54) is 16.9 Å². The molecule has 1 atom stereocenters. The number of carbonyl (C=O) groups excluding carboxylic acids is 2. The Balaban J connectivity index is 1.58. The Kier molecular flexibility index (Phi) is 6.73. The molecule has 4 rings (SSSR count). The highest BCUT2D eigenvalue weighted by Gasteiger charge is 2.30. The minimum absolute atomic E-state index is 0.161. The Morgan fingerprint density at radius 3 is 2.58 bits per heavy atom. The molecule has 1 aliphatic rings. The topological polar surface area (TPSA) is 55.4 Å². The number of hydrogen-bond acceptors (Lipinski definition) is 4. The number of hydrogen-bond donors (Lipinski definition) is 1. The molecule has 3 aromatic rings. The van der Waals surface area contributed by atoms with Gasteiger partial charge in [0.05, 0.1) is 18.6 Å². The molecule has 160 valence electrons. The van der Waals surface area contributed by atoms with E-state index in [4.69, 9.17) is 16.3 Å². The van der Waals surface area contributed by atoms with Crippen molar-refractivity contribution in [3.05, 3.63) is 86.8 Å². The van der Waals surface area contributed by atoms with Crippen LogP contribution >= 0.6 is 22.9 Å². The molecule has 0 radical (unpaired) electrons. The molecule has 2 aromatic carbocycles. The second-order valence-electron chi connectivity index (χ2n) is 7.63. The molecule has 4 nitrogen and oxygen atoms in total. The molecule has 31 heavy (non-hydrogen) atoms. The number of amides is 1. The van der Waals surface area contributed by atoms with Crippen molar-refractivity contribution in [2.45, 2.75) is 38.5 Å². The van der Waals surface area contributed by atoms with E-state index in [0.717, 1.165) is 35.3 Å². The van der Waals surface area contributed by atoms with E-state index in [1.807, 2.05) is 18.2 Å². The molecular weight excluding hydrogens is 430 g/mol. The number of carbonyl (C=O) groups is 2. The summed E-state index contributed by atoms with van der Waals surface area (Å²) < 4.78 is 5.32. The van der Waals surface area contributed by atoms with Gasteiger partial charge in [-0.3, -0.25) is 4.79 Å². The number of ether oxygens (including phenoxy) is 1. The summed E-state index contributed by atoms with van der Waals surface area (Å²) in [4.78, 5) is 26.6. The second kappa shape index (κ2) is 9.67. The van der Waals surface area contributed by atoms with Gasteiger partial charge in [-0.05, 0) is 60.9 Å². The molecule has 0 saturated heterocycles. The lowest BCUT2D eigenvalue weighted by Crippen LogP contribution is -2.18. The highest BCUT2D eigenvalue weighted by atomic mass is 35.5. The van der Waals surface area contributed by atoms with E-state index in [0.29, 0.717) is 28.1 Å². The summed E-state index contributed by atoms with van der Waals surface area (Å²) in [6, 6.07) is 17.7. The molecular formula is C25H24ClNO3S. The maximum Gasteiger partial charge on any atom is 0.341 e. The zero-order valence-electron chi connectivity index (χ0n) is 17.3. The van der Waals surface area contributed by atoms with Gasteiger partial charge in [-0.15, -0.1) is 11.3 Å². The first-order valence-electron chi connectivity index (χ1n) is 10.5. The van der Waals surface area contributed by atoms with E-state index in [1.54, 1.807) is 19.1 Å². The van der Waals surface area contributed by atoms with Gasteiger partial charge < -0.3 is 10.1 Å². The van der Waals surface area contributed by atoms with E-state index in [2.05, 4.69) is 29.6 Å². The molecule has 1 amide bonds. The summed E-state index contributed by atoms with van der Waals surface area (Å²) in [5.74, 6) is -0.106. The van der Waals surface area contributed by atoms with Crippen molar-refractivity contribution in [2.75, 3.05) is 11.9 Å². The van der Waals surface area contributed by atoms with Crippen LogP contribution in [0.5, 0.6) is 0 Å². The Bertz CT molecular complexity index is 1080. The van der Waals surface area contributed by atoms with Crippen molar-refractivity contribution < 1.29 is 14.3 Å². The van der Waals surface area contributed by atoms with Crippen molar-refractivity contribution in [2.24, 2.45) is 0 Å². The average molecular weight is 454 g/mol. The summed E-state index contributed by atoms with van der Waals surface area (Å²) >= 11 is 7.43. The van der Waals surface area contributed by atoms with Crippen LogP contribution in [0.25, 0.3) is 0 Å². The fourth-order valence-electron chi connectivity index (χ4n) is 4.06. The van der Waals surface area contributed by atoms with Gasteiger partial charge in [-0.2, -0.15) is 0 Å². The summed E-state index contributed by atoms with van der Waals surface area (Å²) in [5.41, 5.74) is 3.73. The zero-order chi connectivity index (χ0) is 21.8. The van der Waals surface area contributed by atoms with Crippen molar-refractivity contribution in [3.63, 3.8) is 0 Å². The van der Waals surface area contributed by atoms with Crippen LogP contribution in [0, 0.1) is 0 Å². The quantitative estimate of drug-likeness (QED) is 0.463. The Hall–Kier alpha value is -2.63. The number of rotatable bonds is 6. The van der Waals surface area contributed by atoms with Crippen LogP contribution in [0.4, 0.5) is 5.00 Å². The number of halogens is 1. The molecule has 0 spiro atoms. The standard InChI is InChI=1S/C25H24ClNO3S/c1-2-30-25(29)23-20-13-10-18(17-6-4-3-5-7-17)15-21(20)31-24(23)27-22(28)14-16-8-11-19(26)12-9-16/h3-9,11-12,18H,2,10,13-15H2,1H3,(H,27,28). The summed E-state index contributed by atoms with van der Waals surface area (Å²) in [7, 11) is 0. The number of esters is 1. The average Bonchev–Trinajstić information content (AvgIpc) is 3.13. The minimum Gasteiger partial charge on any atom is -0.462 e. The minimum atomic E-state index is -0.361. The van der Waals surface area contributed by atoms with Crippen LogP contribution in [-0.4, -0.2) is 18.5 Å². The van der Waals surface area contributed by atoms with Crippen LogP contribution in [-0.2, 0) is 28.8 Å². The molecule has 1 aliphatic carbocycles. The summed E-state index contributed by atoms with van der Waals surface area (Å²) in [5, 5.41) is 4.20. The predicted molar refractivity (Wildman–Crippen MR) is 125 cm³/mol. The van der Waals surface area contributed by atoms with Gasteiger partial charge in [-0.25, -0.2) is 4.79 Å². The highest BCUT2D eigenvalue weighted by molar-refractivity contribution is 7.17. The summed E-state index contributed by atoms with van der Waals surface area (Å²) in [6.45, 7) is 2.09. The Morgan fingerprint density at radius 1 is 1.13 bits per heavy atom. The van der Waals surface area contributed by atoms with E-state index >= 15 is 0 Å². The summed E-state index contributed by atoms with van der Waals surface area (Å²) in [6.07, 6.45) is 2.85. The van der Waals surface area contributed by atoms with Gasteiger partial charge in [0.1, 0.15) is 5.00 Å². The monoisotopic (exact) mass is 453 g/mol. The first-order chi connectivity index (χ1) is 15.0. The van der Waals surface area contributed by atoms with Gasteiger partial charge in [-0.1, -0.05) is 54.1 Å². The van der Waals surface area contributed by atoms with Crippen molar-refractivity contribution in [3.8, 4) is 0 Å². The lowest BCUT2D eigenvalue weighted by atomic mass is 9.83. The van der Waals surface area contributed by atoms with Gasteiger partial charge in [0, 0.05) is 9.90 Å². The second-order valence-corrected chi connectivity index (χ2v) is 9.17. The molecule has 0 aliphatic heterocycles. The van der Waals surface area contributed by atoms with Gasteiger partial charge >= 0.3 is 5.97 Å². The van der Waals surface area contributed by atoms with E-state index in [9.17, 15) is 9.59 Å². The molecule has 1 N–H and O–H groups in total. The molecule has 1 unspecified atom stereocenters. The molecule has 0 fully saturated rings.